The largest absolute Gasteiger partial charge is 0.381 e. The summed E-state index contributed by atoms with van der Waals surface area (Å²) in [6.07, 6.45) is 4.00. The van der Waals surface area contributed by atoms with Crippen molar-refractivity contribution >= 4 is 17.7 Å². The van der Waals surface area contributed by atoms with Crippen LogP contribution < -0.4 is 5.32 Å². The fourth-order valence-corrected chi connectivity index (χ4v) is 3.43. The summed E-state index contributed by atoms with van der Waals surface area (Å²) in [4.78, 5) is 25.9. The van der Waals surface area contributed by atoms with Crippen molar-refractivity contribution in [2.24, 2.45) is 11.3 Å². The van der Waals surface area contributed by atoms with Crippen molar-refractivity contribution in [1.29, 1.82) is 0 Å². The molecule has 7 nitrogen and oxygen atoms in total. The van der Waals surface area contributed by atoms with Crippen LogP contribution in [0.1, 0.15) is 66.0 Å². The molecule has 0 aliphatic carbocycles. The molecule has 2 rings (SSSR count). The lowest BCUT2D eigenvalue weighted by Gasteiger charge is -2.28. The summed E-state index contributed by atoms with van der Waals surface area (Å²) in [5, 5.41) is 6.98. The van der Waals surface area contributed by atoms with Gasteiger partial charge in [0.2, 0.25) is 17.7 Å². The highest BCUT2D eigenvalue weighted by Crippen LogP contribution is 2.31. The van der Waals surface area contributed by atoms with Crippen LogP contribution in [0.25, 0.3) is 0 Å². The zero-order chi connectivity index (χ0) is 20.9. The zero-order valence-electron chi connectivity index (χ0n) is 18.1. The zero-order valence-corrected chi connectivity index (χ0v) is 18.1. The molecule has 0 saturated carbocycles. The van der Waals surface area contributed by atoms with E-state index in [1.54, 1.807) is 18.0 Å². The van der Waals surface area contributed by atoms with Crippen molar-refractivity contribution in [3.05, 3.63) is 11.8 Å². The van der Waals surface area contributed by atoms with Gasteiger partial charge in [0.25, 0.3) is 0 Å². The molecular weight excluding hydrogens is 358 g/mol. The number of rotatable bonds is 8. The number of amides is 2. The maximum atomic E-state index is 12.8. The quantitative estimate of drug-likeness (QED) is 0.729. The van der Waals surface area contributed by atoms with Crippen molar-refractivity contribution < 1.29 is 18.8 Å². The number of carbonyl (C=O) groups is 2. The Morgan fingerprint density at radius 2 is 1.89 bits per heavy atom. The van der Waals surface area contributed by atoms with Gasteiger partial charge in [-0.1, -0.05) is 32.9 Å². The molecule has 0 spiro atoms. The SMILES string of the molecule is CC(=O)N(C)CC(C)(C)c1cc(NC(=O)C(C)(C)CCC2CCOCC2)on1. The minimum Gasteiger partial charge on any atom is -0.381 e. The van der Waals surface area contributed by atoms with Crippen LogP contribution in [0, 0.1) is 11.3 Å². The first kappa shape index (κ1) is 22.4. The topological polar surface area (TPSA) is 84.7 Å². The molecule has 2 amide bonds. The van der Waals surface area contributed by atoms with E-state index in [2.05, 4.69) is 10.5 Å². The Bertz CT molecular complexity index is 675. The standard InChI is InChI=1S/C21H35N3O4/c1-15(25)24(6)14-21(4,5)17-13-18(28-23-17)22-19(26)20(2,3)10-7-16-8-11-27-12-9-16/h13,16H,7-12,14H2,1-6H3,(H,22,26). The van der Waals surface area contributed by atoms with E-state index in [0.29, 0.717) is 24.0 Å². The Balaban J connectivity index is 1.93. The van der Waals surface area contributed by atoms with Gasteiger partial charge in [-0.25, -0.2) is 0 Å². The van der Waals surface area contributed by atoms with Gasteiger partial charge in [-0.2, -0.15) is 0 Å². The number of anilines is 1. The van der Waals surface area contributed by atoms with Crippen molar-refractivity contribution in [3.63, 3.8) is 0 Å². The van der Waals surface area contributed by atoms with E-state index in [9.17, 15) is 9.59 Å². The van der Waals surface area contributed by atoms with Crippen molar-refractivity contribution in [3.8, 4) is 0 Å². The predicted molar refractivity (Wildman–Crippen MR) is 108 cm³/mol. The molecule has 7 heteroatoms. The molecule has 1 aromatic heterocycles. The van der Waals surface area contributed by atoms with Crippen LogP contribution in [-0.4, -0.2) is 48.7 Å². The van der Waals surface area contributed by atoms with Crippen LogP contribution in [0.15, 0.2) is 10.6 Å². The monoisotopic (exact) mass is 393 g/mol. The lowest BCUT2D eigenvalue weighted by Crippen LogP contribution is -2.37. The van der Waals surface area contributed by atoms with Gasteiger partial charge < -0.3 is 14.2 Å². The molecule has 1 aliphatic rings. The molecule has 28 heavy (non-hydrogen) atoms. The second-order valence-corrected chi connectivity index (χ2v) is 9.27. The predicted octanol–water partition coefficient (Wildman–Crippen LogP) is 3.60. The molecule has 1 N–H and O–H groups in total. The van der Waals surface area contributed by atoms with E-state index in [1.807, 2.05) is 27.7 Å². The Hall–Kier alpha value is -1.89. The molecule has 0 unspecified atom stereocenters. The van der Waals surface area contributed by atoms with Crippen LogP contribution in [0.3, 0.4) is 0 Å². The lowest BCUT2D eigenvalue weighted by atomic mass is 9.82. The Labute approximate surface area is 168 Å². The van der Waals surface area contributed by atoms with E-state index >= 15 is 0 Å². The summed E-state index contributed by atoms with van der Waals surface area (Å²) in [7, 11) is 1.76. The summed E-state index contributed by atoms with van der Waals surface area (Å²) in [6, 6.07) is 1.75. The number of aromatic nitrogens is 1. The number of carbonyl (C=O) groups excluding carboxylic acids is 2. The summed E-state index contributed by atoms with van der Waals surface area (Å²) < 4.78 is 10.8. The highest BCUT2D eigenvalue weighted by molar-refractivity contribution is 5.93. The first-order valence-electron chi connectivity index (χ1n) is 10.1. The van der Waals surface area contributed by atoms with Gasteiger partial charge in [-0.05, 0) is 31.6 Å². The summed E-state index contributed by atoms with van der Waals surface area (Å²) in [5.74, 6) is 0.909. The van der Waals surface area contributed by atoms with Gasteiger partial charge in [0.05, 0.1) is 5.69 Å². The van der Waals surface area contributed by atoms with Gasteiger partial charge in [0, 0.05) is 50.6 Å². The van der Waals surface area contributed by atoms with E-state index < -0.39 is 5.41 Å². The van der Waals surface area contributed by atoms with Gasteiger partial charge in [-0.15, -0.1) is 0 Å². The summed E-state index contributed by atoms with van der Waals surface area (Å²) in [5.41, 5.74) is -0.169. The minimum absolute atomic E-state index is 0.00336. The maximum Gasteiger partial charge on any atom is 0.232 e. The second-order valence-electron chi connectivity index (χ2n) is 9.27. The van der Waals surface area contributed by atoms with Crippen molar-refractivity contribution in [2.45, 2.75) is 65.7 Å². The molecule has 0 bridgehead atoms. The number of hydrogen-bond donors (Lipinski definition) is 1. The molecule has 0 radical (unpaired) electrons. The van der Waals surface area contributed by atoms with E-state index in [1.165, 1.54) is 6.92 Å². The summed E-state index contributed by atoms with van der Waals surface area (Å²) in [6.45, 7) is 11.6. The van der Waals surface area contributed by atoms with Crippen LogP contribution in [0.2, 0.25) is 0 Å². The van der Waals surface area contributed by atoms with E-state index in [0.717, 1.165) is 38.9 Å². The number of nitrogens with zero attached hydrogens (tertiary/aromatic N) is 2. The van der Waals surface area contributed by atoms with Gasteiger partial charge in [0.1, 0.15) is 0 Å². The van der Waals surface area contributed by atoms with Crippen molar-refractivity contribution in [1.82, 2.24) is 10.1 Å². The smallest absolute Gasteiger partial charge is 0.232 e. The third-order valence-electron chi connectivity index (χ3n) is 5.74. The molecule has 0 aromatic carbocycles. The van der Waals surface area contributed by atoms with Crippen molar-refractivity contribution in [2.75, 3.05) is 32.1 Å². The van der Waals surface area contributed by atoms with E-state index in [4.69, 9.17) is 9.26 Å². The fraction of sp³-hybridized carbons (Fsp3) is 0.762. The molecule has 1 aliphatic heterocycles. The fourth-order valence-electron chi connectivity index (χ4n) is 3.43. The number of nitrogens with one attached hydrogen (secondary N) is 1. The van der Waals surface area contributed by atoms with Gasteiger partial charge in [0.15, 0.2) is 0 Å². The number of likely N-dealkylation sites (N-methyl/N-ethyl adjacent to an activating group) is 1. The molecule has 0 atom stereocenters. The second kappa shape index (κ2) is 9.07. The van der Waals surface area contributed by atoms with Crippen LogP contribution in [-0.2, 0) is 19.7 Å². The lowest BCUT2D eigenvalue weighted by molar-refractivity contribution is -0.128. The van der Waals surface area contributed by atoms with Gasteiger partial charge >= 0.3 is 0 Å². The normalized spacial score (nSPS) is 16.1. The maximum absolute atomic E-state index is 12.8. The Morgan fingerprint density at radius 3 is 2.50 bits per heavy atom. The number of ether oxygens (including phenoxy) is 1. The Morgan fingerprint density at radius 1 is 1.25 bits per heavy atom. The first-order chi connectivity index (χ1) is 13.0. The summed E-state index contributed by atoms with van der Waals surface area (Å²) >= 11 is 0. The molecule has 158 valence electrons. The molecule has 1 fully saturated rings. The average molecular weight is 394 g/mol. The third-order valence-corrected chi connectivity index (χ3v) is 5.74. The molecule has 1 aromatic rings. The number of hydrogen-bond acceptors (Lipinski definition) is 5. The molecule has 1 saturated heterocycles. The molecule has 2 heterocycles. The van der Waals surface area contributed by atoms with Crippen LogP contribution in [0.5, 0.6) is 0 Å². The highest BCUT2D eigenvalue weighted by atomic mass is 16.5. The van der Waals surface area contributed by atoms with E-state index in [-0.39, 0.29) is 17.2 Å². The van der Waals surface area contributed by atoms with Gasteiger partial charge in [-0.3, -0.25) is 14.9 Å². The van der Waals surface area contributed by atoms with Crippen LogP contribution in [0.4, 0.5) is 5.88 Å². The first-order valence-corrected chi connectivity index (χ1v) is 10.1. The third kappa shape index (κ3) is 6.06. The average Bonchev–Trinajstić information content (AvgIpc) is 3.10. The molecular formula is C21H35N3O4. The van der Waals surface area contributed by atoms with Crippen LogP contribution >= 0.6 is 0 Å². The minimum atomic E-state index is -0.490. The highest BCUT2D eigenvalue weighted by Gasteiger charge is 2.31. The Kier molecular flexibility index (Phi) is 7.26.